The van der Waals surface area contributed by atoms with Gasteiger partial charge in [0.1, 0.15) is 17.1 Å². The first kappa shape index (κ1) is 25.6. The van der Waals surface area contributed by atoms with Crippen LogP contribution in [0.15, 0.2) is 35.5 Å². The number of carbonyl (C=O) groups is 2. The highest BCUT2D eigenvalue weighted by molar-refractivity contribution is 6.33. The topological polar surface area (TPSA) is 109 Å². The van der Waals surface area contributed by atoms with E-state index in [1.165, 1.54) is 0 Å². The first-order valence-electron chi connectivity index (χ1n) is 11.6. The minimum atomic E-state index is -0.751. The maximum Gasteiger partial charge on any atom is 0.342 e. The van der Waals surface area contributed by atoms with Gasteiger partial charge < -0.3 is 24.7 Å². The third-order valence-electron chi connectivity index (χ3n) is 5.88. The molecule has 1 saturated heterocycles. The molecule has 1 amide bonds. The number of oxime groups is 1. The first-order chi connectivity index (χ1) is 16.4. The average Bonchev–Trinajstić information content (AvgIpc) is 2.80. The standard InChI is InChI=1S/C25H31ClN2O6/c1-17-9-11-28(12-10-17)22(31)16-34-27-18-8-6-4-2-3-5-7-13-33-25(32)23-19(14-18)24(26)21(30)15-20(23)29/h3,5-6,8,15,17,29-30H,2,4,7,9-14,16H2,1H3/b5-3+,8-6+,27-18+. The zero-order valence-electron chi connectivity index (χ0n) is 19.3. The molecule has 184 valence electrons. The van der Waals surface area contributed by atoms with Crippen molar-refractivity contribution in [2.45, 2.75) is 45.4 Å². The van der Waals surface area contributed by atoms with E-state index in [9.17, 15) is 19.8 Å². The Bertz CT molecular complexity index is 980. The van der Waals surface area contributed by atoms with Gasteiger partial charge in [-0.05, 0) is 49.7 Å². The van der Waals surface area contributed by atoms with E-state index in [0.717, 1.165) is 31.7 Å². The van der Waals surface area contributed by atoms with Crippen LogP contribution >= 0.6 is 11.6 Å². The highest BCUT2D eigenvalue weighted by atomic mass is 35.5. The van der Waals surface area contributed by atoms with Crippen LogP contribution in [0.4, 0.5) is 0 Å². The number of ether oxygens (including phenoxy) is 1. The second-order valence-corrected chi connectivity index (χ2v) is 8.93. The van der Waals surface area contributed by atoms with E-state index in [2.05, 4.69) is 12.1 Å². The number of benzene rings is 1. The fraction of sp³-hybridized carbons (Fsp3) is 0.480. The van der Waals surface area contributed by atoms with Crippen LogP contribution in [0.1, 0.15) is 54.9 Å². The molecule has 1 aromatic carbocycles. The van der Waals surface area contributed by atoms with Crippen LogP contribution in [-0.2, 0) is 20.8 Å². The summed E-state index contributed by atoms with van der Waals surface area (Å²) in [5.41, 5.74) is 0.408. The molecule has 1 aromatic rings. The maximum atomic E-state index is 12.7. The fourth-order valence-corrected chi connectivity index (χ4v) is 4.06. The number of allylic oxidation sites excluding steroid dienone is 3. The molecule has 0 aliphatic carbocycles. The highest BCUT2D eigenvalue weighted by Gasteiger charge is 2.25. The molecular formula is C25H31ClN2O6. The summed E-state index contributed by atoms with van der Waals surface area (Å²) in [6.45, 7) is 3.52. The van der Waals surface area contributed by atoms with Crippen molar-refractivity contribution in [2.24, 2.45) is 11.1 Å². The van der Waals surface area contributed by atoms with Gasteiger partial charge >= 0.3 is 5.97 Å². The van der Waals surface area contributed by atoms with Crippen LogP contribution in [0.5, 0.6) is 11.5 Å². The van der Waals surface area contributed by atoms with Crippen molar-refractivity contribution in [3.63, 3.8) is 0 Å². The van der Waals surface area contributed by atoms with Crippen molar-refractivity contribution in [1.82, 2.24) is 4.90 Å². The smallest absolute Gasteiger partial charge is 0.342 e. The lowest BCUT2D eigenvalue weighted by atomic mass is 9.99. The molecule has 2 aliphatic heterocycles. The van der Waals surface area contributed by atoms with E-state index in [0.29, 0.717) is 31.1 Å². The number of hydrogen-bond donors (Lipinski definition) is 2. The van der Waals surface area contributed by atoms with Gasteiger partial charge in [-0.1, -0.05) is 41.9 Å². The van der Waals surface area contributed by atoms with Crippen molar-refractivity contribution in [2.75, 3.05) is 26.3 Å². The van der Waals surface area contributed by atoms with Crippen LogP contribution in [0, 0.1) is 5.92 Å². The Hall–Kier alpha value is -3.00. The minimum Gasteiger partial charge on any atom is -0.507 e. The van der Waals surface area contributed by atoms with Gasteiger partial charge in [0.15, 0.2) is 6.61 Å². The van der Waals surface area contributed by atoms with E-state index in [1.807, 2.05) is 18.2 Å². The molecule has 0 bridgehead atoms. The van der Waals surface area contributed by atoms with Gasteiger partial charge in [-0.25, -0.2) is 4.79 Å². The van der Waals surface area contributed by atoms with E-state index in [1.54, 1.807) is 11.0 Å². The summed E-state index contributed by atoms with van der Waals surface area (Å²) in [6, 6.07) is 1.01. The van der Waals surface area contributed by atoms with Crippen LogP contribution < -0.4 is 0 Å². The number of nitrogens with zero attached hydrogens (tertiary/aromatic N) is 2. The summed E-state index contributed by atoms with van der Waals surface area (Å²) >= 11 is 6.30. The molecule has 1 fully saturated rings. The number of cyclic esters (lactones) is 1. The minimum absolute atomic E-state index is 0.0208. The quantitative estimate of drug-likeness (QED) is 0.370. The van der Waals surface area contributed by atoms with Crippen molar-refractivity contribution in [1.29, 1.82) is 0 Å². The number of aromatic hydroxyl groups is 2. The molecule has 9 heteroatoms. The second-order valence-electron chi connectivity index (χ2n) is 8.55. The fourth-order valence-electron chi connectivity index (χ4n) is 3.84. The number of rotatable bonds is 3. The number of halogens is 1. The number of phenols is 2. The Balaban J connectivity index is 1.83. The molecule has 0 unspecified atom stereocenters. The van der Waals surface area contributed by atoms with Gasteiger partial charge in [-0.3, -0.25) is 4.79 Å². The van der Waals surface area contributed by atoms with Crippen LogP contribution in [0.2, 0.25) is 5.02 Å². The maximum absolute atomic E-state index is 12.7. The lowest BCUT2D eigenvalue weighted by molar-refractivity contribution is -0.137. The Morgan fingerprint density at radius 1 is 1.18 bits per heavy atom. The molecule has 0 atom stereocenters. The number of phenolic OH excluding ortho intramolecular Hbond substituents is 2. The number of likely N-dealkylation sites (tertiary alicyclic amines) is 1. The predicted octanol–water partition coefficient (Wildman–Crippen LogP) is 4.38. The SMILES string of the molecule is CC1CCN(C(=O)CO/N=C2\C=C\CC/C=C/CCOC(=O)c3c(O)cc(O)c(Cl)c3C2)CC1. The summed E-state index contributed by atoms with van der Waals surface area (Å²) in [7, 11) is 0. The number of carbonyl (C=O) groups excluding carboxylic acids is 2. The van der Waals surface area contributed by atoms with Gasteiger partial charge in [0.25, 0.3) is 5.91 Å². The summed E-state index contributed by atoms with van der Waals surface area (Å²) in [5.74, 6) is -1.08. The van der Waals surface area contributed by atoms with Gasteiger partial charge in [0.2, 0.25) is 0 Å². The third kappa shape index (κ3) is 7.00. The van der Waals surface area contributed by atoms with Crippen LogP contribution in [0.3, 0.4) is 0 Å². The van der Waals surface area contributed by atoms with Gasteiger partial charge in [-0.2, -0.15) is 0 Å². The molecule has 0 aromatic heterocycles. The van der Waals surface area contributed by atoms with Crippen LogP contribution in [0.25, 0.3) is 0 Å². The molecule has 34 heavy (non-hydrogen) atoms. The first-order valence-corrected chi connectivity index (χ1v) is 11.9. The summed E-state index contributed by atoms with van der Waals surface area (Å²) < 4.78 is 5.28. The monoisotopic (exact) mass is 490 g/mol. The van der Waals surface area contributed by atoms with E-state index >= 15 is 0 Å². The molecule has 0 saturated carbocycles. The van der Waals surface area contributed by atoms with Gasteiger partial charge in [-0.15, -0.1) is 0 Å². The molecule has 2 aliphatic rings. The Morgan fingerprint density at radius 2 is 1.88 bits per heavy atom. The van der Waals surface area contributed by atoms with E-state index in [-0.39, 0.29) is 47.4 Å². The Kier molecular flexibility index (Phi) is 9.39. The Labute approximate surface area is 204 Å². The molecule has 3 rings (SSSR count). The molecule has 8 nitrogen and oxygen atoms in total. The zero-order chi connectivity index (χ0) is 24.5. The number of hydrogen-bond acceptors (Lipinski definition) is 7. The normalized spacial score (nSPS) is 21.3. The van der Waals surface area contributed by atoms with E-state index in [4.69, 9.17) is 21.2 Å². The number of fused-ring (bicyclic) bond motifs is 1. The summed E-state index contributed by atoms with van der Waals surface area (Å²) in [4.78, 5) is 32.3. The summed E-state index contributed by atoms with van der Waals surface area (Å²) in [6.07, 6.45) is 11.5. The highest BCUT2D eigenvalue weighted by Crippen LogP contribution is 2.37. The zero-order valence-corrected chi connectivity index (χ0v) is 20.1. The van der Waals surface area contributed by atoms with Crippen molar-refractivity contribution < 1.29 is 29.4 Å². The summed E-state index contributed by atoms with van der Waals surface area (Å²) in [5, 5.41) is 24.5. The molecule has 2 heterocycles. The van der Waals surface area contributed by atoms with Gasteiger partial charge in [0.05, 0.1) is 17.3 Å². The second kappa shape index (κ2) is 12.5. The molecule has 0 spiro atoms. The van der Waals surface area contributed by atoms with Crippen molar-refractivity contribution in [3.05, 3.63) is 46.5 Å². The Morgan fingerprint density at radius 3 is 2.65 bits per heavy atom. The largest absolute Gasteiger partial charge is 0.507 e. The molecule has 2 N–H and O–H groups in total. The molecular weight excluding hydrogens is 460 g/mol. The number of piperidine rings is 1. The third-order valence-corrected chi connectivity index (χ3v) is 6.31. The molecule has 0 radical (unpaired) electrons. The van der Waals surface area contributed by atoms with Gasteiger partial charge in [0, 0.05) is 25.6 Å². The number of amides is 1. The number of esters is 1. The lowest BCUT2D eigenvalue weighted by Gasteiger charge is -2.29. The van der Waals surface area contributed by atoms with Crippen molar-refractivity contribution in [3.8, 4) is 11.5 Å². The predicted molar refractivity (Wildman–Crippen MR) is 129 cm³/mol. The van der Waals surface area contributed by atoms with Crippen molar-refractivity contribution >= 4 is 29.2 Å². The lowest BCUT2D eigenvalue weighted by Crippen LogP contribution is -2.39. The van der Waals surface area contributed by atoms with E-state index < -0.39 is 11.7 Å². The average molecular weight is 491 g/mol. The van der Waals surface area contributed by atoms with Crippen LogP contribution in [-0.4, -0.2) is 59.0 Å².